The number of anilines is 2. The van der Waals surface area contributed by atoms with Gasteiger partial charge >= 0.3 is 6.18 Å². The topological polar surface area (TPSA) is 50.9 Å². The second-order valence-electron chi connectivity index (χ2n) is 8.75. The third kappa shape index (κ3) is 5.72. The highest BCUT2D eigenvalue weighted by Gasteiger charge is 2.33. The summed E-state index contributed by atoms with van der Waals surface area (Å²) >= 11 is 0. The molecule has 2 aromatic rings. The smallest absolute Gasteiger partial charge is 0.321 e. The maximum absolute atomic E-state index is 12.7. The van der Waals surface area contributed by atoms with E-state index in [0.29, 0.717) is 25.5 Å². The molecule has 1 aromatic heterocycles. The number of carbonyl (C=O) groups excluding carboxylic acids is 1. The van der Waals surface area contributed by atoms with Crippen LogP contribution in [-0.4, -0.2) is 38.6 Å². The van der Waals surface area contributed by atoms with E-state index in [0.717, 1.165) is 35.9 Å². The molecule has 5 nitrogen and oxygen atoms in total. The van der Waals surface area contributed by atoms with Crippen molar-refractivity contribution in [1.82, 2.24) is 0 Å². The molecule has 2 heterocycles. The van der Waals surface area contributed by atoms with E-state index in [1.807, 2.05) is 29.2 Å². The van der Waals surface area contributed by atoms with Crippen molar-refractivity contribution < 1.29 is 27.8 Å². The number of nitrogens with zero attached hydrogens (tertiary/aromatic N) is 1. The fraction of sp³-hybridized carbons (Fsp3) is 0.455. The lowest BCUT2D eigenvalue weighted by Crippen LogP contribution is -3.15. The maximum Gasteiger partial charge on any atom is 0.419 e. The predicted octanol–water partition coefficient (Wildman–Crippen LogP) is 2.16. The van der Waals surface area contributed by atoms with Crippen molar-refractivity contribution in [3.8, 4) is 0 Å². The van der Waals surface area contributed by atoms with Gasteiger partial charge in [-0.25, -0.2) is 4.98 Å². The molecule has 0 bridgehead atoms. The van der Waals surface area contributed by atoms with E-state index in [-0.39, 0.29) is 11.3 Å². The first kappa shape index (κ1) is 22.1. The van der Waals surface area contributed by atoms with Crippen molar-refractivity contribution in [3.05, 3.63) is 53.7 Å². The van der Waals surface area contributed by atoms with Gasteiger partial charge in [0.2, 0.25) is 0 Å². The highest BCUT2D eigenvalue weighted by Crippen LogP contribution is 2.28. The quantitative estimate of drug-likeness (QED) is 0.794. The summed E-state index contributed by atoms with van der Waals surface area (Å²) < 4.78 is 38.1. The summed E-state index contributed by atoms with van der Waals surface area (Å²) in [5.74, 6) is 0.619. The zero-order valence-electron chi connectivity index (χ0n) is 17.6. The maximum atomic E-state index is 12.7. The lowest BCUT2D eigenvalue weighted by Gasteiger charge is -2.28. The van der Waals surface area contributed by atoms with Crippen molar-refractivity contribution in [2.75, 3.05) is 42.9 Å². The molecule has 1 aromatic carbocycles. The Balaban J connectivity index is 1.48. The second-order valence-corrected chi connectivity index (χ2v) is 8.75. The van der Waals surface area contributed by atoms with Crippen molar-refractivity contribution in [1.29, 1.82) is 0 Å². The van der Waals surface area contributed by atoms with Crippen LogP contribution in [0.2, 0.25) is 0 Å². The molecule has 0 spiro atoms. The Bertz CT molecular complexity index is 850. The van der Waals surface area contributed by atoms with Gasteiger partial charge in [0.05, 0.1) is 5.56 Å². The molecule has 0 atom stereocenters. The van der Waals surface area contributed by atoms with Gasteiger partial charge in [-0.1, -0.05) is 32.9 Å². The predicted molar refractivity (Wildman–Crippen MR) is 110 cm³/mol. The molecule has 0 saturated carbocycles. The first-order valence-corrected chi connectivity index (χ1v) is 10.1. The second kappa shape index (κ2) is 8.63. The minimum Gasteiger partial charge on any atom is -0.321 e. The van der Waals surface area contributed by atoms with E-state index in [9.17, 15) is 18.0 Å². The van der Waals surface area contributed by atoms with E-state index in [4.69, 9.17) is 0 Å². The lowest BCUT2D eigenvalue weighted by atomic mass is 9.87. The van der Waals surface area contributed by atoms with Crippen molar-refractivity contribution >= 4 is 17.4 Å². The van der Waals surface area contributed by atoms with Gasteiger partial charge in [0.1, 0.15) is 32.4 Å². The molecule has 3 rings (SSSR count). The van der Waals surface area contributed by atoms with Gasteiger partial charge in [0.15, 0.2) is 6.54 Å². The van der Waals surface area contributed by atoms with Gasteiger partial charge in [0, 0.05) is 11.8 Å². The largest absolute Gasteiger partial charge is 0.419 e. The number of piperazine rings is 1. The number of alkyl halides is 3. The van der Waals surface area contributed by atoms with Gasteiger partial charge in [0.25, 0.3) is 11.7 Å². The van der Waals surface area contributed by atoms with Crippen LogP contribution < -0.4 is 20.1 Å². The zero-order valence-corrected chi connectivity index (χ0v) is 17.6. The number of aromatic amines is 1. The standard InChI is InChI=1S/C22H27F3N4O/c1-21(2,3)16-4-7-18(8-5-16)27-20(30)15-28-10-12-29(13-11-28)19-9-6-17(14-26-19)22(23,24)25/h4-9,14H,10-13,15H2,1-3H3,(H,27,30)/p+2. The van der Waals surface area contributed by atoms with Crippen LogP contribution in [0.25, 0.3) is 0 Å². The highest BCUT2D eigenvalue weighted by molar-refractivity contribution is 5.91. The summed E-state index contributed by atoms with van der Waals surface area (Å²) in [6, 6.07) is 10.5. The van der Waals surface area contributed by atoms with E-state index in [1.165, 1.54) is 11.6 Å². The van der Waals surface area contributed by atoms with Crippen molar-refractivity contribution in [2.45, 2.75) is 32.4 Å². The Morgan fingerprint density at radius 2 is 1.63 bits per heavy atom. The van der Waals surface area contributed by atoms with E-state index in [2.05, 4.69) is 31.1 Å². The number of halogens is 3. The molecule has 1 amide bonds. The molecular weight excluding hydrogens is 393 g/mol. The molecule has 162 valence electrons. The molecular formula is C22H29F3N4O+2. The van der Waals surface area contributed by atoms with Crippen molar-refractivity contribution in [2.24, 2.45) is 0 Å². The number of carbonyl (C=O) groups is 1. The zero-order chi connectivity index (χ0) is 21.9. The van der Waals surface area contributed by atoms with E-state index < -0.39 is 11.7 Å². The average molecular weight is 422 g/mol. The van der Waals surface area contributed by atoms with Crippen molar-refractivity contribution in [3.63, 3.8) is 0 Å². The van der Waals surface area contributed by atoms with Crippen LogP contribution in [0.5, 0.6) is 0 Å². The van der Waals surface area contributed by atoms with Gasteiger partial charge < -0.3 is 10.2 Å². The molecule has 0 unspecified atom stereocenters. The molecule has 8 heteroatoms. The van der Waals surface area contributed by atoms with Crippen LogP contribution in [-0.2, 0) is 16.4 Å². The lowest BCUT2D eigenvalue weighted by molar-refractivity contribution is -0.892. The van der Waals surface area contributed by atoms with Gasteiger partial charge in [-0.3, -0.25) is 9.69 Å². The van der Waals surface area contributed by atoms with Gasteiger partial charge in [-0.15, -0.1) is 0 Å². The Kier molecular flexibility index (Phi) is 6.36. The number of benzene rings is 1. The molecule has 3 N–H and O–H groups in total. The number of pyridine rings is 1. The van der Waals surface area contributed by atoms with Crippen LogP contribution >= 0.6 is 0 Å². The van der Waals surface area contributed by atoms with E-state index in [1.54, 1.807) is 0 Å². The summed E-state index contributed by atoms with van der Waals surface area (Å²) in [5.41, 5.74) is 1.37. The number of amides is 1. The molecule has 0 aliphatic carbocycles. The molecule has 1 fully saturated rings. The Hall–Kier alpha value is -2.61. The number of rotatable bonds is 4. The van der Waals surface area contributed by atoms with E-state index >= 15 is 0 Å². The van der Waals surface area contributed by atoms with Crippen LogP contribution in [0.1, 0.15) is 31.9 Å². The summed E-state index contributed by atoms with van der Waals surface area (Å²) in [7, 11) is 0. The van der Waals surface area contributed by atoms with Crippen LogP contribution in [0, 0.1) is 0 Å². The molecule has 1 saturated heterocycles. The minimum absolute atomic E-state index is 0.0388. The number of hydrogen-bond donors (Lipinski definition) is 2. The molecule has 30 heavy (non-hydrogen) atoms. The summed E-state index contributed by atoms with van der Waals surface area (Å²) in [6.45, 7) is 9.63. The Morgan fingerprint density at radius 3 is 2.13 bits per heavy atom. The molecule has 0 radical (unpaired) electrons. The number of nitrogens with one attached hydrogen (secondary N) is 3. The van der Waals surface area contributed by atoms with Gasteiger partial charge in [-0.05, 0) is 29.2 Å². The summed E-state index contributed by atoms with van der Waals surface area (Å²) in [4.78, 5) is 18.3. The third-order valence-corrected chi connectivity index (χ3v) is 5.38. The molecule has 1 aliphatic rings. The first-order chi connectivity index (χ1) is 14.0. The van der Waals surface area contributed by atoms with Crippen LogP contribution in [0.15, 0.2) is 42.6 Å². The SMILES string of the molecule is CC(C)(C)c1ccc(NC(=O)C[NH+]2CCN(c3ccc(C(F)(F)F)c[nH+]3)CC2)cc1. The number of H-pyrrole nitrogens is 1. The fourth-order valence-corrected chi connectivity index (χ4v) is 3.52. The molecule has 1 aliphatic heterocycles. The average Bonchev–Trinajstić information content (AvgIpc) is 2.68. The normalized spacial score (nSPS) is 15.9. The first-order valence-electron chi connectivity index (χ1n) is 10.1. The highest BCUT2D eigenvalue weighted by atomic mass is 19.4. The number of quaternary nitrogens is 1. The van der Waals surface area contributed by atoms with Crippen LogP contribution in [0.4, 0.5) is 24.7 Å². The van der Waals surface area contributed by atoms with Gasteiger partial charge in [-0.2, -0.15) is 13.2 Å². The fourth-order valence-electron chi connectivity index (χ4n) is 3.52. The third-order valence-electron chi connectivity index (χ3n) is 5.38. The Labute approximate surface area is 174 Å². The summed E-state index contributed by atoms with van der Waals surface area (Å²) in [5, 5.41) is 2.95. The number of hydrogen-bond acceptors (Lipinski definition) is 2. The summed E-state index contributed by atoms with van der Waals surface area (Å²) in [6.07, 6.45) is -3.36. The number of aromatic nitrogens is 1. The monoisotopic (exact) mass is 422 g/mol. The van der Waals surface area contributed by atoms with Crippen LogP contribution in [0.3, 0.4) is 0 Å². The Morgan fingerprint density at radius 1 is 1.03 bits per heavy atom. The minimum atomic E-state index is -4.35.